The first-order valence-electron chi connectivity index (χ1n) is 7.50. The highest BCUT2D eigenvalue weighted by molar-refractivity contribution is 7.80. The SMILES string of the molecule is CN1CCCC2CN(c3ccc(C(N)=S)cc3)CCC21. The van der Waals surface area contributed by atoms with Gasteiger partial charge in [0.05, 0.1) is 0 Å². The molecular formula is C16H23N3S. The van der Waals surface area contributed by atoms with Crippen LogP contribution in [-0.4, -0.2) is 42.6 Å². The number of hydrogen-bond acceptors (Lipinski definition) is 3. The molecule has 2 heterocycles. The molecule has 2 atom stereocenters. The van der Waals surface area contributed by atoms with E-state index < -0.39 is 0 Å². The van der Waals surface area contributed by atoms with Gasteiger partial charge in [0.2, 0.25) is 0 Å². The van der Waals surface area contributed by atoms with E-state index in [-0.39, 0.29) is 0 Å². The highest BCUT2D eigenvalue weighted by Gasteiger charge is 2.34. The van der Waals surface area contributed by atoms with Crippen molar-refractivity contribution in [1.29, 1.82) is 0 Å². The van der Waals surface area contributed by atoms with Crippen molar-refractivity contribution in [3.05, 3.63) is 29.8 Å². The van der Waals surface area contributed by atoms with Crippen molar-refractivity contribution in [3.63, 3.8) is 0 Å². The summed E-state index contributed by atoms with van der Waals surface area (Å²) < 4.78 is 0. The van der Waals surface area contributed by atoms with Crippen molar-refractivity contribution in [3.8, 4) is 0 Å². The molecule has 20 heavy (non-hydrogen) atoms. The number of fused-ring (bicyclic) bond motifs is 1. The predicted octanol–water partition coefficient (Wildman–Crippen LogP) is 2.24. The Kier molecular flexibility index (Phi) is 3.94. The number of hydrogen-bond donors (Lipinski definition) is 1. The molecule has 0 saturated carbocycles. The summed E-state index contributed by atoms with van der Waals surface area (Å²) in [5, 5.41) is 0. The summed E-state index contributed by atoms with van der Waals surface area (Å²) in [5.41, 5.74) is 7.91. The smallest absolute Gasteiger partial charge is 0.103 e. The Morgan fingerprint density at radius 2 is 1.95 bits per heavy atom. The molecule has 0 radical (unpaired) electrons. The highest BCUT2D eigenvalue weighted by atomic mass is 32.1. The molecule has 2 fully saturated rings. The minimum atomic E-state index is 0.476. The van der Waals surface area contributed by atoms with Crippen LogP contribution in [0.1, 0.15) is 24.8 Å². The van der Waals surface area contributed by atoms with E-state index in [1.54, 1.807) is 0 Å². The van der Waals surface area contributed by atoms with Crippen molar-refractivity contribution in [2.45, 2.75) is 25.3 Å². The summed E-state index contributed by atoms with van der Waals surface area (Å²) in [5.74, 6) is 0.817. The summed E-state index contributed by atoms with van der Waals surface area (Å²) in [6, 6.07) is 9.17. The molecule has 3 nitrogen and oxygen atoms in total. The second-order valence-corrected chi connectivity index (χ2v) is 6.54. The lowest BCUT2D eigenvalue weighted by Crippen LogP contribution is -2.52. The fourth-order valence-corrected chi connectivity index (χ4v) is 3.86. The lowest BCUT2D eigenvalue weighted by molar-refractivity contribution is 0.102. The van der Waals surface area contributed by atoms with Crippen molar-refractivity contribution in [2.75, 3.05) is 31.6 Å². The van der Waals surface area contributed by atoms with Crippen molar-refractivity contribution in [1.82, 2.24) is 4.90 Å². The molecule has 2 unspecified atom stereocenters. The van der Waals surface area contributed by atoms with Gasteiger partial charge in [0.1, 0.15) is 4.99 Å². The molecule has 108 valence electrons. The number of thiocarbonyl (C=S) groups is 1. The van der Waals surface area contributed by atoms with Gasteiger partial charge in [-0.2, -0.15) is 0 Å². The average Bonchev–Trinajstić information content (AvgIpc) is 2.47. The lowest BCUT2D eigenvalue weighted by atomic mass is 9.84. The third-order valence-electron chi connectivity index (χ3n) is 4.86. The number of nitrogens with zero attached hydrogens (tertiary/aromatic N) is 2. The molecule has 0 bridgehead atoms. The van der Waals surface area contributed by atoms with Crippen molar-refractivity contribution < 1.29 is 0 Å². The molecule has 0 aliphatic carbocycles. The first-order valence-corrected chi connectivity index (χ1v) is 7.91. The van der Waals surface area contributed by atoms with E-state index in [0.717, 1.165) is 24.1 Å². The average molecular weight is 289 g/mol. The van der Waals surface area contributed by atoms with Crippen molar-refractivity contribution >= 4 is 22.9 Å². The van der Waals surface area contributed by atoms with Crippen LogP contribution < -0.4 is 10.6 Å². The Morgan fingerprint density at radius 3 is 2.65 bits per heavy atom. The Morgan fingerprint density at radius 1 is 1.20 bits per heavy atom. The van der Waals surface area contributed by atoms with E-state index in [2.05, 4.69) is 29.0 Å². The molecule has 0 aromatic heterocycles. The topological polar surface area (TPSA) is 32.5 Å². The van der Waals surface area contributed by atoms with Gasteiger partial charge in [-0.25, -0.2) is 0 Å². The van der Waals surface area contributed by atoms with Crippen molar-refractivity contribution in [2.24, 2.45) is 11.7 Å². The van der Waals surface area contributed by atoms with Crippen LogP contribution in [0, 0.1) is 5.92 Å². The lowest BCUT2D eigenvalue weighted by Gasteiger charge is -2.46. The van der Waals surface area contributed by atoms with E-state index in [1.165, 1.54) is 38.0 Å². The Hall–Kier alpha value is -1.13. The molecular weight excluding hydrogens is 266 g/mol. The minimum absolute atomic E-state index is 0.476. The number of benzene rings is 1. The molecule has 4 heteroatoms. The molecule has 1 aromatic carbocycles. The first-order chi connectivity index (χ1) is 9.65. The largest absolute Gasteiger partial charge is 0.389 e. The monoisotopic (exact) mass is 289 g/mol. The zero-order chi connectivity index (χ0) is 14.1. The Bertz CT molecular complexity index is 485. The standard InChI is InChI=1S/C16H23N3S/c1-18-9-2-3-13-11-19(10-8-15(13)18)14-6-4-12(5-7-14)16(17)20/h4-7,13,15H,2-3,8-11H2,1H3,(H2,17,20). The van der Waals surface area contributed by atoms with Gasteiger partial charge in [-0.1, -0.05) is 12.2 Å². The molecule has 0 amide bonds. The first kappa shape index (κ1) is 13.8. The van der Waals surface area contributed by atoms with Gasteiger partial charge < -0.3 is 15.5 Å². The maximum Gasteiger partial charge on any atom is 0.103 e. The van der Waals surface area contributed by atoms with Crippen LogP contribution >= 0.6 is 12.2 Å². The van der Waals surface area contributed by atoms with Gasteiger partial charge in [-0.15, -0.1) is 0 Å². The second-order valence-electron chi connectivity index (χ2n) is 6.10. The summed E-state index contributed by atoms with van der Waals surface area (Å²) >= 11 is 5.01. The van der Waals surface area contributed by atoms with Crippen LogP contribution in [0.25, 0.3) is 0 Å². The normalized spacial score (nSPS) is 27.1. The fraction of sp³-hybridized carbons (Fsp3) is 0.562. The van der Waals surface area contributed by atoms with Crippen LogP contribution in [0.5, 0.6) is 0 Å². The number of nitrogens with two attached hydrogens (primary N) is 1. The molecule has 3 rings (SSSR count). The summed E-state index contributed by atoms with van der Waals surface area (Å²) in [4.78, 5) is 5.55. The molecule has 1 aromatic rings. The Labute approximate surface area is 126 Å². The van der Waals surface area contributed by atoms with Gasteiger partial charge >= 0.3 is 0 Å². The number of rotatable bonds is 2. The number of piperidine rings is 2. The van der Waals surface area contributed by atoms with Gasteiger partial charge in [-0.3, -0.25) is 0 Å². The second kappa shape index (κ2) is 5.70. The third-order valence-corrected chi connectivity index (χ3v) is 5.10. The Balaban J connectivity index is 1.71. The van der Waals surface area contributed by atoms with Crippen LogP contribution in [0.2, 0.25) is 0 Å². The van der Waals surface area contributed by atoms with E-state index in [1.807, 2.05) is 12.1 Å². The predicted molar refractivity (Wildman–Crippen MR) is 88.3 cm³/mol. The summed E-state index contributed by atoms with van der Waals surface area (Å²) in [6.45, 7) is 3.60. The van der Waals surface area contributed by atoms with Crippen LogP contribution in [-0.2, 0) is 0 Å². The van der Waals surface area contributed by atoms with Gasteiger partial charge in [0, 0.05) is 30.4 Å². The van der Waals surface area contributed by atoms with E-state index in [9.17, 15) is 0 Å². The van der Waals surface area contributed by atoms with Gasteiger partial charge in [-0.05, 0) is 63.0 Å². The van der Waals surface area contributed by atoms with E-state index in [4.69, 9.17) is 18.0 Å². The minimum Gasteiger partial charge on any atom is -0.389 e. The quantitative estimate of drug-likeness (QED) is 0.846. The molecule has 2 aliphatic rings. The molecule has 2 N–H and O–H groups in total. The van der Waals surface area contributed by atoms with Gasteiger partial charge in [0.25, 0.3) is 0 Å². The third kappa shape index (κ3) is 2.67. The van der Waals surface area contributed by atoms with Gasteiger partial charge in [0.15, 0.2) is 0 Å². The van der Waals surface area contributed by atoms with Crippen LogP contribution in [0.3, 0.4) is 0 Å². The molecule has 0 spiro atoms. The summed E-state index contributed by atoms with van der Waals surface area (Å²) in [7, 11) is 2.28. The highest BCUT2D eigenvalue weighted by Crippen LogP contribution is 2.31. The number of anilines is 1. The molecule has 2 saturated heterocycles. The molecule has 2 aliphatic heterocycles. The summed E-state index contributed by atoms with van der Waals surface area (Å²) in [6.07, 6.45) is 3.99. The fourth-order valence-electron chi connectivity index (χ4n) is 3.72. The maximum absolute atomic E-state index is 5.66. The van der Waals surface area contributed by atoms with Crippen LogP contribution in [0.4, 0.5) is 5.69 Å². The number of likely N-dealkylation sites (tertiary alicyclic amines) is 1. The van der Waals surface area contributed by atoms with Crippen LogP contribution in [0.15, 0.2) is 24.3 Å². The maximum atomic E-state index is 5.66. The van der Waals surface area contributed by atoms with E-state index in [0.29, 0.717) is 4.99 Å². The van der Waals surface area contributed by atoms with E-state index >= 15 is 0 Å². The zero-order valence-corrected chi connectivity index (χ0v) is 12.9. The zero-order valence-electron chi connectivity index (χ0n) is 12.1.